The normalized spacial score (nSPS) is 10.8. The summed E-state index contributed by atoms with van der Waals surface area (Å²) in [6.45, 7) is 2.60. The number of benzene rings is 1. The third-order valence-corrected chi connectivity index (χ3v) is 3.22. The molecular weight excluding hydrogens is 257 g/mol. The van der Waals surface area contributed by atoms with Gasteiger partial charge in [0.2, 0.25) is 0 Å². The molecule has 1 aromatic carbocycles. The molecule has 0 radical (unpaired) electrons. The molecule has 2 aromatic rings. The minimum Gasteiger partial charge on any atom is -0.330 e. The van der Waals surface area contributed by atoms with Crippen LogP contribution in [0.3, 0.4) is 0 Å². The van der Waals surface area contributed by atoms with E-state index in [1.165, 1.54) is 0 Å². The lowest BCUT2D eigenvalue weighted by atomic mass is 10.2. The highest BCUT2D eigenvalue weighted by Gasteiger charge is 2.10. The van der Waals surface area contributed by atoms with Crippen LogP contribution >= 0.6 is 23.2 Å². The summed E-state index contributed by atoms with van der Waals surface area (Å²) in [6.07, 6.45) is 2.63. The number of nitrogens with two attached hydrogens (primary N) is 1. The van der Waals surface area contributed by atoms with Crippen molar-refractivity contribution >= 4 is 23.2 Å². The second-order valence-electron chi connectivity index (χ2n) is 3.80. The Morgan fingerprint density at radius 3 is 2.82 bits per heavy atom. The molecule has 90 valence electrons. The van der Waals surface area contributed by atoms with E-state index in [9.17, 15) is 0 Å². The first kappa shape index (κ1) is 12.4. The van der Waals surface area contributed by atoms with Gasteiger partial charge in [-0.1, -0.05) is 23.2 Å². The number of rotatable bonds is 3. The van der Waals surface area contributed by atoms with Crippen molar-refractivity contribution < 1.29 is 0 Å². The van der Waals surface area contributed by atoms with Crippen LogP contribution in [0.5, 0.6) is 0 Å². The molecule has 0 spiro atoms. The maximum absolute atomic E-state index is 6.14. The quantitative estimate of drug-likeness (QED) is 0.931. The predicted molar refractivity (Wildman–Crippen MR) is 71.1 cm³/mol. The Labute approximate surface area is 110 Å². The maximum atomic E-state index is 6.14. The van der Waals surface area contributed by atoms with Gasteiger partial charge in [0.15, 0.2) is 0 Å². The smallest absolute Gasteiger partial charge is 0.0849 e. The molecule has 0 amide bonds. The molecule has 5 heteroatoms. The van der Waals surface area contributed by atoms with Crippen LogP contribution in [0.15, 0.2) is 24.4 Å². The first-order chi connectivity index (χ1) is 8.13. The molecule has 0 saturated carbocycles. The standard InChI is InChI=1S/C12H13Cl2N3/c1-8-9(4-5-15)7-16-17(8)12-6-10(13)2-3-11(12)14/h2-3,6-7H,4-5,15H2,1H3. The number of nitrogens with zero attached hydrogens (tertiary/aromatic N) is 2. The molecule has 0 fully saturated rings. The molecule has 0 atom stereocenters. The fourth-order valence-electron chi connectivity index (χ4n) is 1.74. The van der Waals surface area contributed by atoms with E-state index < -0.39 is 0 Å². The van der Waals surface area contributed by atoms with E-state index in [0.717, 1.165) is 23.4 Å². The second kappa shape index (κ2) is 5.08. The summed E-state index contributed by atoms with van der Waals surface area (Å²) in [5, 5.41) is 5.59. The molecule has 0 unspecified atom stereocenters. The van der Waals surface area contributed by atoms with Crippen LogP contribution < -0.4 is 5.73 Å². The van der Waals surface area contributed by atoms with E-state index in [-0.39, 0.29) is 0 Å². The van der Waals surface area contributed by atoms with Crippen LogP contribution in [-0.2, 0) is 6.42 Å². The molecule has 0 aliphatic heterocycles. The molecule has 2 rings (SSSR count). The number of halogens is 2. The Balaban J connectivity index is 2.49. The van der Waals surface area contributed by atoms with Gasteiger partial charge < -0.3 is 5.73 Å². The van der Waals surface area contributed by atoms with Crippen molar-refractivity contribution in [3.63, 3.8) is 0 Å². The summed E-state index contributed by atoms with van der Waals surface area (Å²) < 4.78 is 1.79. The largest absolute Gasteiger partial charge is 0.330 e. The van der Waals surface area contributed by atoms with Gasteiger partial charge in [0.05, 0.1) is 16.9 Å². The summed E-state index contributed by atoms with van der Waals surface area (Å²) in [5.41, 5.74) is 8.51. The molecule has 3 nitrogen and oxygen atoms in total. The highest BCUT2D eigenvalue weighted by Crippen LogP contribution is 2.25. The monoisotopic (exact) mass is 269 g/mol. The minimum atomic E-state index is 0.607. The number of aromatic nitrogens is 2. The second-order valence-corrected chi connectivity index (χ2v) is 4.65. The fraction of sp³-hybridized carbons (Fsp3) is 0.250. The van der Waals surface area contributed by atoms with Crippen molar-refractivity contribution in [3.05, 3.63) is 45.7 Å². The zero-order chi connectivity index (χ0) is 12.4. The maximum Gasteiger partial charge on any atom is 0.0849 e. The molecule has 1 aromatic heterocycles. The Kier molecular flexibility index (Phi) is 3.72. The van der Waals surface area contributed by atoms with Crippen LogP contribution in [-0.4, -0.2) is 16.3 Å². The van der Waals surface area contributed by atoms with Gasteiger partial charge in [0.1, 0.15) is 0 Å². The predicted octanol–water partition coefficient (Wildman–Crippen LogP) is 2.99. The molecule has 0 aliphatic rings. The number of hydrogen-bond donors (Lipinski definition) is 1. The van der Waals surface area contributed by atoms with Crippen molar-refractivity contribution in [2.24, 2.45) is 5.73 Å². The molecule has 0 aliphatic carbocycles. The van der Waals surface area contributed by atoms with E-state index in [1.54, 1.807) is 22.9 Å². The van der Waals surface area contributed by atoms with Crippen molar-refractivity contribution in [1.29, 1.82) is 0 Å². The van der Waals surface area contributed by atoms with Crippen molar-refractivity contribution in [3.8, 4) is 5.69 Å². The Hall–Kier alpha value is -1.03. The van der Waals surface area contributed by atoms with E-state index in [2.05, 4.69) is 5.10 Å². The first-order valence-corrected chi connectivity index (χ1v) is 6.08. The van der Waals surface area contributed by atoms with Crippen LogP contribution in [0.4, 0.5) is 0 Å². The molecule has 17 heavy (non-hydrogen) atoms. The molecule has 2 N–H and O–H groups in total. The van der Waals surface area contributed by atoms with Crippen LogP contribution in [0.25, 0.3) is 5.69 Å². The van der Waals surface area contributed by atoms with Crippen molar-refractivity contribution in [1.82, 2.24) is 9.78 Å². The van der Waals surface area contributed by atoms with Crippen LogP contribution in [0, 0.1) is 6.92 Å². The summed E-state index contributed by atoms with van der Waals surface area (Å²) in [5.74, 6) is 0. The first-order valence-electron chi connectivity index (χ1n) is 5.32. The lowest BCUT2D eigenvalue weighted by Crippen LogP contribution is -2.05. The fourth-order valence-corrected chi connectivity index (χ4v) is 2.10. The lowest BCUT2D eigenvalue weighted by Gasteiger charge is -2.08. The average molecular weight is 270 g/mol. The van der Waals surface area contributed by atoms with Gasteiger partial charge in [-0.15, -0.1) is 0 Å². The van der Waals surface area contributed by atoms with Gasteiger partial charge in [-0.05, 0) is 43.7 Å². The number of hydrogen-bond acceptors (Lipinski definition) is 2. The topological polar surface area (TPSA) is 43.8 Å². The zero-order valence-corrected chi connectivity index (χ0v) is 11.0. The highest BCUT2D eigenvalue weighted by atomic mass is 35.5. The van der Waals surface area contributed by atoms with Crippen LogP contribution in [0.2, 0.25) is 10.0 Å². The molecule has 0 bridgehead atoms. The van der Waals surface area contributed by atoms with Gasteiger partial charge in [-0.3, -0.25) is 0 Å². The SMILES string of the molecule is Cc1c(CCN)cnn1-c1cc(Cl)ccc1Cl. The molecular formula is C12H13Cl2N3. The van der Waals surface area contributed by atoms with E-state index in [4.69, 9.17) is 28.9 Å². The van der Waals surface area contributed by atoms with Crippen LogP contribution in [0.1, 0.15) is 11.3 Å². The summed E-state index contributed by atoms with van der Waals surface area (Å²) in [6, 6.07) is 5.33. The van der Waals surface area contributed by atoms with E-state index in [0.29, 0.717) is 16.6 Å². The van der Waals surface area contributed by atoms with Crippen molar-refractivity contribution in [2.45, 2.75) is 13.3 Å². The van der Waals surface area contributed by atoms with Gasteiger partial charge >= 0.3 is 0 Å². The molecule has 1 heterocycles. The Morgan fingerprint density at radius 2 is 2.12 bits per heavy atom. The van der Waals surface area contributed by atoms with Gasteiger partial charge in [-0.2, -0.15) is 5.10 Å². The third-order valence-electron chi connectivity index (χ3n) is 2.66. The average Bonchev–Trinajstić information content (AvgIpc) is 2.65. The highest BCUT2D eigenvalue weighted by molar-refractivity contribution is 6.34. The van der Waals surface area contributed by atoms with Gasteiger partial charge in [0.25, 0.3) is 0 Å². The minimum absolute atomic E-state index is 0.607. The van der Waals surface area contributed by atoms with Crippen molar-refractivity contribution in [2.75, 3.05) is 6.54 Å². The third kappa shape index (κ3) is 2.46. The summed E-state index contributed by atoms with van der Waals surface area (Å²) in [7, 11) is 0. The summed E-state index contributed by atoms with van der Waals surface area (Å²) in [4.78, 5) is 0. The van der Waals surface area contributed by atoms with Gasteiger partial charge in [0, 0.05) is 10.7 Å². The van der Waals surface area contributed by atoms with E-state index >= 15 is 0 Å². The molecule has 0 saturated heterocycles. The Morgan fingerprint density at radius 1 is 1.35 bits per heavy atom. The lowest BCUT2D eigenvalue weighted by molar-refractivity contribution is 0.842. The summed E-state index contributed by atoms with van der Waals surface area (Å²) >= 11 is 12.1. The van der Waals surface area contributed by atoms with E-state index in [1.807, 2.05) is 13.1 Å². The zero-order valence-electron chi connectivity index (χ0n) is 9.45. The van der Waals surface area contributed by atoms with Gasteiger partial charge in [-0.25, -0.2) is 4.68 Å². The Bertz CT molecular complexity index is 535.